The van der Waals surface area contributed by atoms with Gasteiger partial charge >= 0.3 is 11.9 Å². The van der Waals surface area contributed by atoms with Crippen molar-refractivity contribution >= 4 is 11.3 Å². The Kier molecular flexibility index (Phi) is 6.43. The zero-order valence-electron chi connectivity index (χ0n) is 18.0. The quantitative estimate of drug-likeness (QED) is 0.296. The summed E-state index contributed by atoms with van der Waals surface area (Å²) in [7, 11) is 1.60. The van der Waals surface area contributed by atoms with Crippen molar-refractivity contribution in [2.75, 3.05) is 0 Å². The Morgan fingerprint density at radius 3 is 2.56 bits per heavy atom. The van der Waals surface area contributed by atoms with Crippen LogP contribution in [-0.2, 0) is 19.8 Å². The van der Waals surface area contributed by atoms with Crippen LogP contribution in [0.3, 0.4) is 0 Å². The molecule has 0 spiro atoms. The third kappa shape index (κ3) is 5.12. The maximum absolute atomic E-state index is 14.6. The van der Waals surface area contributed by atoms with Gasteiger partial charge in [0.1, 0.15) is 12.4 Å². The monoisotopic (exact) mass is 490 g/mol. The fourth-order valence-corrected chi connectivity index (χ4v) is 3.90. The van der Waals surface area contributed by atoms with Gasteiger partial charge in [0.2, 0.25) is 5.88 Å². The average molecular weight is 490 g/mol. The second kappa shape index (κ2) is 9.30. The molecule has 4 aromatic rings. The molecule has 0 N–H and O–H groups in total. The number of hydrogen-bond donors (Lipinski definition) is 0. The topological polar surface area (TPSA) is 53.4 Å². The molecule has 0 radical (unpaired) electrons. The van der Waals surface area contributed by atoms with Gasteiger partial charge in [0.15, 0.2) is 11.6 Å². The highest BCUT2D eigenvalue weighted by atomic mass is 32.1. The number of rotatable bonds is 6. The van der Waals surface area contributed by atoms with Gasteiger partial charge in [-0.25, -0.2) is 9.18 Å². The molecule has 0 amide bonds. The van der Waals surface area contributed by atoms with E-state index in [-0.39, 0.29) is 29.5 Å². The van der Waals surface area contributed by atoms with Crippen LogP contribution in [0.5, 0.6) is 17.4 Å². The summed E-state index contributed by atoms with van der Waals surface area (Å²) in [5.74, 6) is -1.05. The second-order valence-corrected chi connectivity index (χ2v) is 8.24. The van der Waals surface area contributed by atoms with Gasteiger partial charge in [-0.3, -0.25) is 4.57 Å². The first-order valence-corrected chi connectivity index (χ1v) is 10.9. The minimum atomic E-state index is -4.54. The summed E-state index contributed by atoms with van der Waals surface area (Å²) >= 11 is 1.49. The van der Waals surface area contributed by atoms with Crippen LogP contribution in [0.4, 0.5) is 17.6 Å². The van der Waals surface area contributed by atoms with Crippen molar-refractivity contribution in [2.45, 2.75) is 19.7 Å². The molecule has 4 rings (SSSR count). The van der Waals surface area contributed by atoms with Crippen LogP contribution in [-0.4, -0.2) is 9.55 Å². The molecule has 176 valence electrons. The molecule has 0 bridgehead atoms. The van der Waals surface area contributed by atoms with Crippen molar-refractivity contribution in [3.63, 3.8) is 0 Å². The molecule has 0 fully saturated rings. The summed E-state index contributed by atoms with van der Waals surface area (Å²) in [5.41, 5.74) is 0.587. The molecule has 0 saturated heterocycles. The van der Waals surface area contributed by atoms with E-state index < -0.39 is 23.2 Å². The lowest BCUT2D eigenvalue weighted by molar-refractivity contribution is -0.138. The lowest BCUT2D eigenvalue weighted by Crippen LogP contribution is -2.22. The zero-order valence-corrected chi connectivity index (χ0v) is 18.8. The third-order valence-electron chi connectivity index (χ3n) is 5.06. The largest absolute Gasteiger partial charge is 0.473 e. The molecule has 34 heavy (non-hydrogen) atoms. The predicted octanol–water partition coefficient (Wildman–Crippen LogP) is 6.35. The lowest BCUT2D eigenvalue weighted by Gasteiger charge is -2.13. The number of benzene rings is 2. The third-order valence-corrected chi connectivity index (χ3v) is 5.74. The summed E-state index contributed by atoms with van der Waals surface area (Å²) in [6.45, 7) is 1.26. The molecule has 0 unspecified atom stereocenters. The lowest BCUT2D eigenvalue weighted by atomic mass is 10.1. The Morgan fingerprint density at radius 1 is 1.09 bits per heavy atom. The fraction of sp³-hybridized carbons (Fsp3) is 0.167. The summed E-state index contributed by atoms with van der Waals surface area (Å²) in [6.07, 6.45) is -4.54. The van der Waals surface area contributed by atoms with Gasteiger partial charge in [0.25, 0.3) is 0 Å². The van der Waals surface area contributed by atoms with Crippen molar-refractivity contribution < 1.29 is 27.0 Å². The average Bonchev–Trinajstić information content (AvgIpc) is 3.31. The van der Waals surface area contributed by atoms with Crippen molar-refractivity contribution in [3.05, 3.63) is 92.3 Å². The molecule has 0 aliphatic heterocycles. The highest BCUT2D eigenvalue weighted by Gasteiger charge is 2.32. The summed E-state index contributed by atoms with van der Waals surface area (Å²) < 4.78 is 66.2. The number of aryl methyl sites for hydroxylation is 1. The molecule has 2 heterocycles. The van der Waals surface area contributed by atoms with Crippen molar-refractivity contribution in [1.29, 1.82) is 0 Å². The molecular formula is C24H18F4N2O3S. The molecule has 2 aromatic heterocycles. The first-order chi connectivity index (χ1) is 16.1. The maximum Gasteiger partial charge on any atom is 0.416 e. The smallest absolute Gasteiger partial charge is 0.416 e. The van der Waals surface area contributed by atoms with Gasteiger partial charge in [-0.05, 0) is 53.8 Å². The number of nitrogens with zero attached hydrogens (tertiary/aromatic N) is 2. The molecule has 2 aromatic carbocycles. The number of thiophene rings is 1. The number of alkyl halides is 3. The first kappa shape index (κ1) is 23.5. The van der Waals surface area contributed by atoms with Crippen LogP contribution >= 0.6 is 11.3 Å². The van der Waals surface area contributed by atoms with Crippen LogP contribution in [0.15, 0.2) is 64.1 Å². The van der Waals surface area contributed by atoms with E-state index in [1.807, 2.05) is 16.8 Å². The molecule has 0 saturated carbocycles. The highest BCUT2D eigenvalue weighted by molar-refractivity contribution is 7.08. The normalized spacial score (nSPS) is 11.5. The Labute approximate surface area is 195 Å². The van der Waals surface area contributed by atoms with Crippen molar-refractivity contribution in [3.8, 4) is 28.6 Å². The van der Waals surface area contributed by atoms with Gasteiger partial charge in [-0.15, -0.1) is 0 Å². The maximum atomic E-state index is 14.6. The Balaban J connectivity index is 1.49. The van der Waals surface area contributed by atoms with Gasteiger partial charge in [-0.2, -0.15) is 29.5 Å². The minimum absolute atomic E-state index is 0.0410. The van der Waals surface area contributed by atoms with Crippen LogP contribution < -0.4 is 15.2 Å². The van der Waals surface area contributed by atoms with Gasteiger partial charge in [0, 0.05) is 24.1 Å². The Bertz CT molecular complexity index is 1380. The van der Waals surface area contributed by atoms with E-state index in [2.05, 4.69) is 4.98 Å². The fourth-order valence-electron chi connectivity index (χ4n) is 3.25. The molecule has 0 aliphatic rings. The van der Waals surface area contributed by atoms with E-state index in [1.165, 1.54) is 47.1 Å². The summed E-state index contributed by atoms with van der Waals surface area (Å²) in [6, 6.07) is 10.9. The molecule has 0 atom stereocenters. The van der Waals surface area contributed by atoms with Gasteiger partial charge in [0.05, 0.1) is 11.3 Å². The van der Waals surface area contributed by atoms with Gasteiger partial charge in [-0.1, -0.05) is 12.1 Å². The standard InChI is InChI=1S/C24H18F4N2O3S/c1-14-3-5-17(10-18(14)24(26,27)28)33-21-6-4-15(9-19(21)25)12-32-22-11-20(16-7-8-34-13-16)30(2)23(31)29-22/h3-11,13H,12H2,1-2H3. The first-order valence-electron chi connectivity index (χ1n) is 9.99. The summed E-state index contributed by atoms with van der Waals surface area (Å²) in [4.78, 5) is 16.0. The van der Waals surface area contributed by atoms with E-state index in [9.17, 15) is 22.4 Å². The molecule has 5 nitrogen and oxygen atoms in total. The minimum Gasteiger partial charge on any atom is -0.473 e. The van der Waals surface area contributed by atoms with Crippen LogP contribution in [0.2, 0.25) is 0 Å². The van der Waals surface area contributed by atoms with E-state index >= 15 is 0 Å². The number of ether oxygens (including phenoxy) is 2. The molecule has 10 heteroatoms. The SMILES string of the molecule is Cc1ccc(Oc2ccc(COc3cc(-c4ccsc4)n(C)c(=O)n3)cc2F)cc1C(F)(F)F. The van der Waals surface area contributed by atoms with E-state index in [1.54, 1.807) is 13.1 Å². The predicted molar refractivity (Wildman–Crippen MR) is 120 cm³/mol. The molecule has 0 aliphatic carbocycles. The van der Waals surface area contributed by atoms with Crippen LogP contribution in [0.1, 0.15) is 16.7 Å². The van der Waals surface area contributed by atoms with Gasteiger partial charge < -0.3 is 9.47 Å². The van der Waals surface area contributed by atoms with Crippen LogP contribution in [0.25, 0.3) is 11.3 Å². The number of halogens is 4. The van der Waals surface area contributed by atoms with Crippen molar-refractivity contribution in [1.82, 2.24) is 9.55 Å². The van der Waals surface area contributed by atoms with E-state index in [0.29, 0.717) is 11.3 Å². The van der Waals surface area contributed by atoms with Crippen molar-refractivity contribution in [2.24, 2.45) is 7.05 Å². The summed E-state index contributed by atoms with van der Waals surface area (Å²) in [5, 5.41) is 3.77. The van der Waals surface area contributed by atoms with E-state index in [0.717, 1.165) is 17.7 Å². The van der Waals surface area contributed by atoms with Crippen LogP contribution in [0, 0.1) is 12.7 Å². The zero-order chi connectivity index (χ0) is 24.5. The Hall–Kier alpha value is -3.66. The van der Waals surface area contributed by atoms with E-state index in [4.69, 9.17) is 9.47 Å². The number of aromatic nitrogens is 2. The number of hydrogen-bond acceptors (Lipinski definition) is 5. The second-order valence-electron chi connectivity index (χ2n) is 7.46. The molecular weight excluding hydrogens is 472 g/mol. The highest BCUT2D eigenvalue weighted by Crippen LogP contribution is 2.35. The Morgan fingerprint density at radius 2 is 1.88 bits per heavy atom.